The fourth-order valence-corrected chi connectivity index (χ4v) is 5.56. The van der Waals surface area contributed by atoms with Crippen LogP contribution in [0.4, 0.5) is 0 Å². The first-order chi connectivity index (χ1) is 13.6. The molecule has 0 N–H and O–H groups in total. The number of carbonyl (C=O) groups excluding carboxylic acids is 1. The van der Waals surface area contributed by atoms with Crippen molar-refractivity contribution in [1.29, 1.82) is 5.26 Å². The zero-order valence-electron chi connectivity index (χ0n) is 15.6. The third-order valence-electron chi connectivity index (χ3n) is 4.53. The smallest absolute Gasteiger partial charge is 0.341 e. The maximum absolute atomic E-state index is 12.7. The maximum Gasteiger partial charge on any atom is 0.341 e. The number of carbonyl (C=O) groups is 1. The van der Waals surface area contributed by atoms with Gasteiger partial charge < -0.3 is 9.14 Å². The quantitative estimate of drug-likeness (QED) is 0.310. The molecule has 3 heterocycles. The molecule has 1 aromatic carbocycles. The number of rotatable bonds is 5. The highest BCUT2D eigenvalue weighted by Crippen LogP contribution is 2.43. The van der Waals surface area contributed by atoms with Crippen molar-refractivity contribution >= 4 is 45.5 Å². The average Bonchev–Trinajstić information content (AvgIpc) is 3.23. The molecule has 6 heteroatoms. The topological polar surface area (TPSA) is 54.5 Å². The van der Waals surface area contributed by atoms with E-state index in [2.05, 4.69) is 37.3 Å². The first-order valence-corrected chi connectivity index (χ1v) is 10.7. The van der Waals surface area contributed by atoms with Crippen LogP contribution in [0.15, 0.2) is 52.9 Å². The second kappa shape index (κ2) is 7.70. The Hall–Kier alpha value is -2.75. The minimum atomic E-state index is -0.384. The Morgan fingerprint density at radius 3 is 2.75 bits per heavy atom. The van der Waals surface area contributed by atoms with Crippen molar-refractivity contribution in [3.63, 3.8) is 0 Å². The minimum Gasteiger partial charge on any atom is -0.462 e. The van der Waals surface area contributed by atoms with E-state index >= 15 is 0 Å². The summed E-state index contributed by atoms with van der Waals surface area (Å²) in [6.45, 7) is 4.16. The van der Waals surface area contributed by atoms with Crippen LogP contribution in [0.1, 0.15) is 33.3 Å². The number of ether oxygens (including phenoxy) is 1. The molecule has 4 rings (SSSR count). The van der Waals surface area contributed by atoms with Gasteiger partial charge in [-0.15, -0.1) is 23.1 Å². The Balaban J connectivity index is 1.86. The van der Waals surface area contributed by atoms with E-state index in [1.165, 1.54) is 22.5 Å². The van der Waals surface area contributed by atoms with E-state index in [0.717, 1.165) is 21.0 Å². The summed E-state index contributed by atoms with van der Waals surface area (Å²) in [6, 6.07) is 16.5. The van der Waals surface area contributed by atoms with Crippen LogP contribution in [0.2, 0.25) is 0 Å². The summed E-state index contributed by atoms with van der Waals surface area (Å²) in [5.74, 6) is 0.417. The van der Waals surface area contributed by atoms with Crippen molar-refractivity contribution in [1.82, 2.24) is 4.40 Å². The predicted molar refractivity (Wildman–Crippen MR) is 114 cm³/mol. The highest BCUT2D eigenvalue weighted by molar-refractivity contribution is 8.00. The van der Waals surface area contributed by atoms with Crippen molar-refractivity contribution in [2.24, 2.45) is 0 Å². The number of esters is 1. The first-order valence-electron chi connectivity index (χ1n) is 8.95. The molecule has 0 saturated heterocycles. The van der Waals surface area contributed by atoms with Crippen molar-refractivity contribution in [3.8, 4) is 6.07 Å². The molecule has 0 amide bonds. The number of thiophene rings is 1. The van der Waals surface area contributed by atoms with Gasteiger partial charge in [0.05, 0.1) is 27.4 Å². The van der Waals surface area contributed by atoms with Gasteiger partial charge in [-0.2, -0.15) is 5.26 Å². The first kappa shape index (κ1) is 18.6. The van der Waals surface area contributed by atoms with Crippen molar-refractivity contribution in [2.75, 3.05) is 6.61 Å². The molecule has 0 fully saturated rings. The van der Waals surface area contributed by atoms with E-state index < -0.39 is 0 Å². The Morgan fingerprint density at radius 1 is 1.25 bits per heavy atom. The van der Waals surface area contributed by atoms with Crippen LogP contribution in [-0.4, -0.2) is 17.0 Å². The summed E-state index contributed by atoms with van der Waals surface area (Å²) in [7, 11) is 0. The number of aryl methyl sites for hydroxylation is 1. The van der Waals surface area contributed by atoms with E-state index in [1.807, 2.05) is 28.8 Å². The second-order valence-corrected chi connectivity index (χ2v) is 8.64. The van der Waals surface area contributed by atoms with Crippen molar-refractivity contribution in [3.05, 3.63) is 70.2 Å². The van der Waals surface area contributed by atoms with Gasteiger partial charge in [-0.05, 0) is 31.5 Å². The van der Waals surface area contributed by atoms with Crippen LogP contribution >= 0.6 is 23.1 Å². The van der Waals surface area contributed by atoms with Gasteiger partial charge in [-0.1, -0.05) is 35.9 Å². The fourth-order valence-electron chi connectivity index (χ4n) is 3.24. The summed E-state index contributed by atoms with van der Waals surface area (Å²) in [5, 5.41) is 10.4. The molecule has 0 aliphatic rings. The number of aromatic nitrogens is 1. The number of pyridine rings is 1. The summed E-state index contributed by atoms with van der Waals surface area (Å²) in [5.41, 5.74) is 4.62. The molecular weight excluding hydrogens is 388 g/mol. The van der Waals surface area contributed by atoms with Crippen LogP contribution < -0.4 is 0 Å². The van der Waals surface area contributed by atoms with E-state index in [9.17, 15) is 10.1 Å². The number of nitriles is 1. The number of benzene rings is 1. The van der Waals surface area contributed by atoms with Crippen LogP contribution in [-0.2, 0) is 10.5 Å². The van der Waals surface area contributed by atoms with Gasteiger partial charge in [0, 0.05) is 17.3 Å². The molecule has 0 unspecified atom stereocenters. The summed E-state index contributed by atoms with van der Waals surface area (Å²) in [6.07, 6.45) is 1.93. The van der Waals surface area contributed by atoms with Gasteiger partial charge >= 0.3 is 5.97 Å². The SMILES string of the molecule is CCOC(=O)c1c2c(C#N)sc(SCc3ccc(C)cc3)c2n2ccccc12. The third-order valence-corrected chi connectivity index (χ3v) is 6.95. The predicted octanol–water partition coefficient (Wildman–Crippen LogP) is 5.80. The van der Waals surface area contributed by atoms with E-state index in [1.54, 1.807) is 18.7 Å². The van der Waals surface area contributed by atoms with E-state index in [0.29, 0.717) is 22.4 Å². The normalized spacial score (nSPS) is 11.0. The number of nitrogens with zero attached hydrogens (tertiary/aromatic N) is 2. The fraction of sp³-hybridized carbons (Fsp3) is 0.182. The monoisotopic (exact) mass is 406 g/mol. The number of hydrogen-bond donors (Lipinski definition) is 0. The molecule has 140 valence electrons. The largest absolute Gasteiger partial charge is 0.462 e. The zero-order valence-corrected chi connectivity index (χ0v) is 17.2. The van der Waals surface area contributed by atoms with Crippen LogP contribution in [0, 0.1) is 18.3 Å². The molecule has 0 spiro atoms. The lowest BCUT2D eigenvalue weighted by atomic mass is 10.1. The van der Waals surface area contributed by atoms with Crippen LogP contribution in [0.3, 0.4) is 0 Å². The van der Waals surface area contributed by atoms with Crippen molar-refractivity contribution < 1.29 is 9.53 Å². The molecule has 0 aliphatic carbocycles. The lowest BCUT2D eigenvalue weighted by Crippen LogP contribution is -2.04. The summed E-state index contributed by atoms with van der Waals surface area (Å²) < 4.78 is 8.32. The summed E-state index contributed by atoms with van der Waals surface area (Å²) in [4.78, 5) is 13.2. The standard InChI is InChI=1S/C22H18N2O2S2/c1-3-26-21(25)18-16-6-4-5-11-24(16)20-19(18)17(12-23)28-22(20)27-13-15-9-7-14(2)8-10-15/h4-11H,3,13H2,1-2H3. The number of fused-ring (bicyclic) bond motifs is 3. The molecular formula is C22H18N2O2S2. The minimum absolute atomic E-state index is 0.297. The highest BCUT2D eigenvalue weighted by atomic mass is 32.2. The second-order valence-electron chi connectivity index (χ2n) is 6.38. The highest BCUT2D eigenvalue weighted by Gasteiger charge is 2.26. The molecule has 0 aliphatic heterocycles. The van der Waals surface area contributed by atoms with Crippen LogP contribution in [0.5, 0.6) is 0 Å². The molecule has 3 aromatic heterocycles. The Morgan fingerprint density at radius 2 is 2.04 bits per heavy atom. The van der Waals surface area contributed by atoms with E-state index in [-0.39, 0.29) is 5.97 Å². The van der Waals surface area contributed by atoms with Gasteiger partial charge in [0.15, 0.2) is 0 Å². The van der Waals surface area contributed by atoms with Gasteiger partial charge in [-0.3, -0.25) is 0 Å². The van der Waals surface area contributed by atoms with Crippen molar-refractivity contribution in [2.45, 2.75) is 23.8 Å². The molecule has 28 heavy (non-hydrogen) atoms. The van der Waals surface area contributed by atoms with Gasteiger partial charge in [0.2, 0.25) is 0 Å². The molecule has 0 saturated carbocycles. The van der Waals surface area contributed by atoms with E-state index in [4.69, 9.17) is 4.74 Å². The van der Waals surface area contributed by atoms with Gasteiger partial charge in [0.1, 0.15) is 10.9 Å². The number of thioether (sulfide) groups is 1. The Kier molecular flexibility index (Phi) is 5.12. The Labute approximate surface area is 171 Å². The third kappa shape index (κ3) is 3.17. The summed E-state index contributed by atoms with van der Waals surface area (Å²) >= 11 is 3.13. The van der Waals surface area contributed by atoms with Crippen LogP contribution in [0.25, 0.3) is 16.4 Å². The molecule has 4 nitrogen and oxygen atoms in total. The van der Waals surface area contributed by atoms with Gasteiger partial charge in [0.25, 0.3) is 0 Å². The maximum atomic E-state index is 12.7. The Bertz CT molecular complexity index is 1210. The number of hydrogen-bond acceptors (Lipinski definition) is 5. The molecule has 0 bridgehead atoms. The zero-order chi connectivity index (χ0) is 19.7. The lowest BCUT2D eigenvalue weighted by molar-refractivity contribution is 0.0531. The van der Waals surface area contributed by atoms with Gasteiger partial charge in [-0.25, -0.2) is 4.79 Å². The lowest BCUT2D eigenvalue weighted by Gasteiger charge is -2.03. The average molecular weight is 407 g/mol. The molecule has 4 aromatic rings. The molecule has 0 atom stereocenters. The molecule has 0 radical (unpaired) electrons.